The lowest BCUT2D eigenvalue weighted by molar-refractivity contribution is -0.118. The van der Waals surface area contributed by atoms with Gasteiger partial charge in [-0.2, -0.15) is 11.8 Å². The summed E-state index contributed by atoms with van der Waals surface area (Å²) in [6.45, 7) is 4.98. The minimum Gasteiger partial charge on any atom is -0.355 e. The third kappa shape index (κ3) is 7.05. The molecule has 2 nitrogen and oxygen atoms in total. The van der Waals surface area contributed by atoms with E-state index in [1.807, 2.05) is 6.07 Å². The Hall–Kier alpha value is -0.960. The van der Waals surface area contributed by atoms with Crippen molar-refractivity contribution in [1.82, 2.24) is 5.32 Å². The van der Waals surface area contributed by atoms with E-state index in [4.69, 9.17) is 0 Å². The predicted molar refractivity (Wildman–Crippen MR) is 75.3 cm³/mol. The van der Waals surface area contributed by atoms with Crippen LogP contribution in [-0.2, 0) is 11.2 Å². The second kappa shape index (κ2) is 8.18. The van der Waals surface area contributed by atoms with Gasteiger partial charge in [0.1, 0.15) is 0 Å². The molecule has 0 fully saturated rings. The van der Waals surface area contributed by atoms with E-state index in [1.165, 1.54) is 5.56 Å². The number of carbonyl (C=O) groups excluding carboxylic acids is 1. The average molecular weight is 251 g/mol. The van der Waals surface area contributed by atoms with Crippen LogP contribution in [0.4, 0.5) is 0 Å². The smallest absolute Gasteiger partial charge is 0.230 e. The van der Waals surface area contributed by atoms with E-state index in [2.05, 4.69) is 43.4 Å². The summed E-state index contributed by atoms with van der Waals surface area (Å²) in [7, 11) is 0. The maximum atomic E-state index is 11.4. The molecule has 94 valence electrons. The molecule has 0 unspecified atom stereocenters. The zero-order chi connectivity index (χ0) is 12.5. The minimum atomic E-state index is 0.150. The van der Waals surface area contributed by atoms with Crippen LogP contribution in [-0.4, -0.2) is 24.0 Å². The van der Waals surface area contributed by atoms with Gasteiger partial charge >= 0.3 is 0 Å². The van der Waals surface area contributed by atoms with Crippen LogP contribution < -0.4 is 5.32 Å². The Labute approximate surface area is 108 Å². The van der Waals surface area contributed by atoms with Crippen LogP contribution >= 0.6 is 11.8 Å². The van der Waals surface area contributed by atoms with E-state index in [0.29, 0.717) is 11.7 Å². The number of hydrogen-bond donors (Lipinski definition) is 1. The minimum absolute atomic E-state index is 0.150. The summed E-state index contributed by atoms with van der Waals surface area (Å²) in [6, 6.07) is 10.4. The summed E-state index contributed by atoms with van der Waals surface area (Å²) in [6.07, 6.45) is 1.03. The van der Waals surface area contributed by atoms with Gasteiger partial charge in [-0.25, -0.2) is 0 Å². The molecule has 0 spiro atoms. The van der Waals surface area contributed by atoms with Gasteiger partial charge in [-0.1, -0.05) is 44.2 Å². The highest BCUT2D eigenvalue weighted by Gasteiger charge is 2.02. The van der Waals surface area contributed by atoms with Crippen LogP contribution in [0.3, 0.4) is 0 Å². The van der Waals surface area contributed by atoms with Crippen molar-refractivity contribution in [3.63, 3.8) is 0 Å². The fourth-order valence-electron chi connectivity index (χ4n) is 1.37. The maximum absolute atomic E-state index is 11.4. The fourth-order valence-corrected chi connectivity index (χ4v) is 2.18. The standard InChI is InChI=1S/C14H21NOS/c1-12(2)10-15-14(16)11-17-9-8-13-6-4-3-5-7-13/h3-7,12H,8-11H2,1-2H3,(H,15,16). The molecule has 0 saturated carbocycles. The summed E-state index contributed by atoms with van der Waals surface area (Å²) in [4.78, 5) is 11.4. The van der Waals surface area contributed by atoms with Crippen molar-refractivity contribution >= 4 is 17.7 Å². The van der Waals surface area contributed by atoms with Gasteiger partial charge in [-0.05, 0) is 23.7 Å². The molecule has 1 N–H and O–H groups in total. The third-order valence-corrected chi connectivity index (χ3v) is 3.28. The van der Waals surface area contributed by atoms with Gasteiger partial charge < -0.3 is 5.32 Å². The summed E-state index contributed by atoms with van der Waals surface area (Å²) < 4.78 is 0. The van der Waals surface area contributed by atoms with Crippen molar-refractivity contribution in [2.75, 3.05) is 18.1 Å². The molecule has 0 heterocycles. The lowest BCUT2D eigenvalue weighted by Gasteiger charge is -2.07. The number of nitrogens with one attached hydrogen (secondary N) is 1. The number of amides is 1. The highest BCUT2D eigenvalue weighted by Crippen LogP contribution is 2.06. The second-order valence-electron chi connectivity index (χ2n) is 4.49. The summed E-state index contributed by atoms with van der Waals surface area (Å²) in [5.74, 6) is 2.24. The first-order chi connectivity index (χ1) is 8.18. The van der Waals surface area contributed by atoms with E-state index >= 15 is 0 Å². The molecular formula is C14H21NOS. The van der Waals surface area contributed by atoms with Crippen LogP contribution in [0, 0.1) is 5.92 Å². The molecule has 1 rings (SSSR count). The quantitative estimate of drug-likeness (QED) is 0.755. The second-order valence-corrected chi connectivity index (χ2v) is 5.59. The largest absolute Gasteiger partial charge is 0.355 e. The molecule has 1 amide bonds. The van der Waals surface area contributed by atoms with E-state index in [-0.39, 0.29) is 5.91 Å². The normalized spacial score (nSPS) is 10.5. The van der Waals surface area contributed by atoms with Gasteiger partial charge in [-0.15, -0.1) is 0 Å². The topological polar surface area (TPSA) is 29.1 Å². The number of carbonyl (C=O) groups is 1. The van der Waals surface area contributed by atoms with Crippen LogP contribution in [0.5, 0.6) is 0 Å². The molecule has 0 atom stereocenters. The molecule has 1 aromatic rings. The van der Waals surface area contributed by atoms with Crippen molar-refractivity contribution < 1.29 is 4.79 Å². The highest BCUT2D eigenvalue weighted by molar-refractivity contribution is 7.99. The molecule has 0 aliphatic rings. The van der Waals surface area contributed by atoms with E-state index in [9.17, 15) is 4.79 Å². The number of aryl methyl sites for hydroxylation is 1. The first kappa shape index (κ1) is 14.1. The zero-order valence-corrected chi connectivity index (χ0v) is 11.4. The third-order valence-electron chi connectivity index (χ3n) is 2.32. The molecule has 0 aliphatic carbocycles. The molecule has 17 heavy (non-hydrogen) atoms. The molecule has 0 radical (unpaired) electrons. The average Bonchev–Trinajstić information content (AvgIpc) is 2.33. The fraction of sp³-hybridized carbons (Fsp3) is 0.500. The Morgan fingerprint density at radius 2 is 2.00 bits per heavy atom. The molecule has 0 aromatic heterocycles. The SMILES string of the molecule is CC(C)CNC(=O)CSCCc1ccccc1. The van der Waals surface area contributed by atoms with Crippen LogP contribution in [0.2, 0.25) is 0 Å². The molecule has 1 aromatic carbocycles. The van der Waals surface area contributed by atoms with Gasteiger partial charge in [0.05, 0.1) is 5.75 Å². The first-order valence-electron chi connectivity index (χ1n) is 6.07. The zero-order valence-electron chi connectivity index (χ0n) is 10.6. The number of thioether (sulfide) groups is 1. The van der Waals surface area contributed by atoms with E-state index in [1.54, 1.807) is 11.8 Å². The van der Waals surface area contributed by atoms with Gasteiger partial charge in [0.25, 0.3) is 0 Å². The van der Waals surface area contributed by atoms with Crippen molar-refractivity contribution in [1.29, 1.82) is 0 Å². The number of hydrogen-bond acceptors (Lipinski definition) is 2. The molecule has 0 bridgehead atoms. The lowest BCUT2D eigenvalue weighted by Crippen LogP contribution is -2.28. The summed E-state index contributed by atoms with van der Waals surface area (Å²) in [5, 5.41) is 2.92. The predicted octanol–water partition coefficient (Wildman–Crippen LogP) is 2.73. The van der Waals surface area contributed by atoms with Crippen molar-refractivity contribution in [3.8, 4) is 0 Å². The number of rotatable bonds is 7. The van der Waals surface area contributed by atoms with Crippen molar-refractivity contribution in [2.24, 2.45) is 5.92 Å². The van der Waals surface area contributed by atoms with Crippen molar-refractivity contribution in [3.05, 3.63) is 35.9 Å². The Balaban J connectivity index is 2.06. The Morgan fingerprint density at radius 1 is 1.29 bits per heavy atom. The summed E-state index contributed by atoms with van der Waals surface area (Å²) in [5.41, 5.74) is 1.34. The van der Waals surface area contributed by atoms with Gasteiger partial charge in [0, 0.05) is 6.54 Å². The number of benzene rings is 1. The van der Waals surface area contributed by atoms with Crippen LogP contribution in [0.15, 0.2) is 30.3 Å². The Kier molecular flexibility index (Phi) is 6.78. The Bertz CT molecular complexity index is 324. The van der Waals surface area contributed by atoms with Gasteiger partial charge in [-0.3, -0.25) is 4.79 Å². The van der Waals surface area contributed by atoms with Crippen LogP contribution in [0.25, 0.3) is 0 Å². The molecule has 3 heteroatoms. The maximum Gasteiger partial charge on any atom is 0.230 e. The van der Waals surface area contributed by atoms with Gasteiger partial charge in [0.15, 0.2) is 0 Å². The molecular weight excluding hydrogens is 230 g/mol. The lowest BCUT2D eigenvalue weighted by atomic mass is 10.2. The van der Waals surface area contributed by atoms with Crippen molar-refractivity contribution in [2.45, 2.75) is 20.3 Å². The highest BCUT2D eigenvalue weighted by atomic mass is 32.2. The first-order valence-corrected chi connectivity index (χ1v) is 7.22. The molecule has 0 aliphatic heterocycles. The van der Waals surface area contributed by atoms with Crippen LogP contribution in [0.1, 0.15) is 19.4 Å². The monoisotopic (exact) mass is 251 g/mol. The van der Waals surface area contributed by atoms with E-state index < -0.39 is 0 Å². The summed E-state index contributed by atoms with van der Waals surface area (Å²) >= 11 is 1.70. The van der Waals surface area contributed by atoms with Gasteiger partial charge in [0.2, 0.25) is 5.91 Å². The van der Waals surface area contributed by atoms with E-state index in [0.717, 1.165) is 18.7 Å². The molecule has 0 saturated heterocycles. The Morgan fingerprint density at radius 3 is 2.65 bits per heavy atom.